The highest BCUT2D eigenvalue weighted by Gasteiger charge is 2.12. The highest BCUT2D eigenvalue weighted by atomic mass is 19.1. The summed E-state index contributed by atoms with van der Waals surface area (Å²) in [5.41, 5.74) is 6.12. The molecule has 1 rings (SSSR count). The lowest BCUT2D eigenvalue weighted by Gasteiger charge is -2.23. The number of amides is 1. The Bertz CT molecular complexity index is 406. The number of rotatable bonds is 8. The summed E-state index contributed by atoms with van der Waals surface area (Å²) in [6, 6.07) is 5.77. The molecular formula is C15H24FN3O. The molecule has 0 unspecified atom stereocenters. The van der Waals surface area contributed by atoms with Crippen molar-refractivity contribution in [2.45, 2.75) is 20.3 Å². The molecule has 0 heterocycles. The fraction of sp³-hybridized carbons (Fsp3) is 0.533. The molecule has 112 valence electrons. The van der Waals surface area contributed by atoms with Crippen LogP contribution in [-0.2, 0) is 4.79 Å². The van der Waals surface area contributed by atoms with E-state index in [4.69, 9.17) is 5.73 Å². The predicted molar refractivity (Wildman–Crippen MR) is 80.0 cm³/mol. The van der Waals surface area contributed by atoms with Gasteiger partial charge < -0.3 is 11.1 Å². The van der Waals surface area contributed by atoms with Gasteiger partial charge in [0.1, 0.15) is 5.82 Å². The van der Waals surface area contributed by atoms with Crippen molar-refractivity contribution >= 4 is 11.6 Å². The van der Waals surface area contributed by atoms with Gasteiger partial charge in [0.25, 0.3) is 0 Å². The van der Waals surface area contributed by atoms with Crippen LogP contribution in [0.5, 0.6) is 0 Å². The summed E-state index contributed by atoms with van der Waals surface area (Å²) < 4.78 is 12.8. The van der Waals surface area contributed by atoms with E-state index in [0.717, 1.165) is 19.5 Å². The standard InChI is InChI=1S/C15H24FN3O/c1-12(2)10-19(9-3-8-17)11-15(20)18-14-6-4-13(16)5-7-14/h4-7,12H,3,8-11,17H2,1-2H3,(H,18,20). The number of nitrogens with two attached hydrogens (primary N) is 1. The second kappa shape index (κ2) is 8.66. The second-order valence-corrected chi connectivity index (χ2v) is 5.33. The normalized spacial score (nSPS) is 11.1. The summed E-state index contributed by atoms with van der Waals surface area (Å²) in [4.78, 5) is 14.1. The lowest BCUT2D eigenvalue weighted by Crippen LogP contribution is -2.37. The maximum Gasteiger partial charge on any atom is 0.238 e. The first-order valence-corrected chi connectivity index (χ1v) is 6.99. The fourth-order valence-corrected chi connectivity index (χ4v) is 2.00. The van der Waals surface area contributed by atoms with Crippen molar-refractivity contribution in [2.24, 2.45) is 11.7 Å². The topological polar surface area (TPSA) is 58.4 Å². The molecule has 0 aromatic heterocycles. The summed E-state index contributed by atoms with van der Waals surface area (Å²) in [6.07, 6.45) is 0.872. The minimum Gasteiger partial charge on any atom is -0.330 e. The largest absolute Gasteiger partial charge is 0.330 e. The van der Waals surface area contributed by atoms with Crippen LogP contribution >= 0.6 is 0 Å². The summed E-state index contributed by atoms with van der Waals surface area (Å²) in [6.45, 7) is 6.85. The van der Waals surface area contributed by atoms with Gasteiger partial charge in [-0.05, 0) is 49.7 Å². The smallest absolute Gasteiger partial charge is 0.238 e. The SMILES string of the molecule is CC(C)CN(CCCN)CC(=O)Nc1ccc(F)cc1. The van der Waals surface area contributed by atoms with Crippen LogP contribution in [-0.4, -0.2) is 37.0 Å². The van der Waals surface area contributed by atoms with E-state index in [1.165, 1.54) is 12.1 Å². The van der Waals surface area contributed by atoms with E-state index in [9.17, 15) is 9.18 Å². The molecule has 0 aliphatic carbocycles. The number of nitrogens with one attached hydrogen (secondary N) is 1. The number of benzene rings is 1. The first-order chi connectivity index (χ1) is 9.51. The Balaban J connectivity index is 2.49. The molecule has 0 radical (unpaired) electrons. The van der Waals surface area contributed by atoms with Crippen molar-refractivity contribution in [1.82, 2.24) is 4.90 Å². The van der Waals surface area contributed by atoms with Gasteiger partial charge in [-0.25, -0.2) is 4.39 Å². The fourth-order valence-electron chi connectivity index (χ4n) is 2.00. The zero-order chi connectivity index (χ0) is 15.0. The number of carbonyl (C=O) groups excluding carboxylic acids is 1. The lowest BCUT2D eigenvalue weighted by atomic mass is 10.2. The van der Waals surface area contributed by atoms with E-state index >= 15 is 0 Å². The summed E-state index contributed by atoms with van der Waals surface area (Å²) in [5.74, 6) is 0.0908. The molecule has 1 aromatic rings. The average molecular weight is 281 g/mol. The highest BCUT2D eigenvalue weighted by molar-refractivity contribution is 5.92. The molecule has 0 aliphatic heterocycles. The van der Waals surface area contributed by atoms with Gasteiger partial charge in [-0.2, -0.15) is 0 Å². The molecule has 0 spiro atoms. The third kappa shape index (κ3) is 6.63. The Morgan fingerprint density at radius 1 is 1.35 bits per heavy atom. The molecule has 0 saturated carbocycles. The van der Waals surface area contributed by atoms with Crippen LogP contribution in [0.4, 0.5) is 10.1 Å². The molecular weight excluding hydrogens is 257 g/mol. The minimum atomic E-state index is -0.313. The van der Waals surface area contributed by atoms with Crippen LogP contribution in [0.3, 0.4) is 0 Å². The van der Waals surface area contributed by atoms with Crippen LogP contribution in [0.1, 0.15) is 20.3 Å². The van der Waals surface area contributed by atoms with E-state index in [0.29, 0.717) is 24.7 Å². The van der Waals surface area contributed by atoms with E-state index in [-0.39, 0.29) is 11.7 Å². The Labute approximate surface area is 120 Å². The van der Waals surface area contributed by atoms with Gasteiger partial charge in [-0.3, -0.25) is 9.69 Å². The van der Waals surface area contributed by atoms with Crippen molar-refractivity contribution in [1.29, 1.82) is 0 Å². The molecule has 0 fully saturated rings. The Morgan fingerprint density at radius 3 is 2.55 bits per heavy atom. The third-order valence-corrected chi connectivity index (χ3v) is 2.80. The van der Waals surface area contributed by atoms with Gasteiger partial charge >= 0.3 is 0 Å². The van der Waals surface area contributed by atoms with Crippen LogP contribution in [0.25, 0.3) is 0 Å². The number of carbonyl (C=O) groups is 1. The summed E-state index contributed by atoms with van der Waals surface area (Å²) in [7, 11) is 0. The van der Waals surface area contributed by atoms with Crippen LogP contribution in [0, 0.1) is 11.7 Å². The quantitative estimate of drug-likeness (QED) is 0.767. The Kier molecular flexibility index (Phi) is 7.18. The van der Waals surface area contributed by atoms with Crippen molar-refractivity contribution in [3.8, 4) is 0 Å². The van der Waals surface area contributed by atoms with E-state index in [1.54, 1.807) is 12.1 Å². The average Bonchev–Trinajstić information content (AvgIpc) is 2.38. The minimum absolute atomic E-state index is 0.0886. The van der Waals surface area contributed by atoms with Crippen LogP contribution in [0.15, 0.2) is 24.3 Å². The highest BCUT2D eigenvalue weighted by Crippen LogP contribution is 2.08. The van der Waals surface area contributed by atoms with Gasteiger partial charge in [0, 0.05) is 12.2 Å². The first-order valence-electron chi connectivity index (χ1n) is 6.99. The zero-order valence-electron chi connectivity index (χ0n) is 12.2. The van der Waals surface area contributed by atoms with Crippen molar-refractivity contribution in [3.63, 3.8) is 0 Å². The van der Waals surface area contributed by atoms with Crippen molar-refractivity contribution in [3.05, 3.63) is 30.1 Å². The molecule has 5 heteroatoms. The number of hydrogen-bond acceptors (Lipinski definition) is 3. The summed E-state index contributed by atoms with van der Waals surface area (Å²) >= 11 is 0. The second-order valence-electron chi connectivity index (χ2n) is 5.33. The lowest BCUT2D eigenvalue weighted by molar-refractivity contribution is -0.117. The molecule has 4 nitrogen and oxygen atoms in total. The monoisotopic (exact) mass is 281 g/mol. The number of hydrogen-bond donors (Lipinski definition) is 2. The molecule has 1 aromatic carbocycles. The van der Waals surface area contributed by atoms with Gasteiger partial charge in [0.05, 0.1) is 6.54 Å². The van der Waals surface area contributed by atoms with E-state index < -0.39 is 0 Å². The maximum absolute atomic E-state index is 12.8. The van der Waals surface area contributed by atoms with Crippen molar-refractivity contribution < 1.29 is 9.18 Å². The molecule has 1 amide bonds. The molecule has 20 heavy (non-hydrogen) atoms. The van der Waals surface area contributed by atoms with Gasteiger partial charge in [0.15, 0.2) is 0 Å². The van der Waals surface area contributed by atoms with E-state index in [2.05, 4.69) is 24.1 Å². The predicted octanol–water partition coefficient (Wildman–Crippen LogP) is 2.07. The maximum atomic E-state index is 12.8. The molecule has 3 N–H and O–H groups in total. The molecule has 0 aliphatic rings. The zero-order valence-corrected chi connectivity index (χ0v) is 12.2. The molecule has 0 bridgehead atoms. The first kappa shape index (κ1) is 16.6. The summed E-state index contributed by atoms with van der Waals surface area (Å²) in [5, 5.41) is 2.77. The van der Waals surface area contributed by atoms with Crippen molar-refractivity contribution in [2.75, 3.05) is 31.5 Å². The van der Waals surface area contributed by atoms with Crippen LogP contribution < -0.4 is 11.1 Å². The Hall–Kier alpha value is -1.46. The van der Waals surface area contributed by atoms with Crippen LogP contribution in [0.2, 0.25) is 0 Å². The van der Waals surface area contributed by atoms with Gasteiger partial charge in [0.2, 0.25) is 5.91 Å². The van der Waals surface area contributed by atoms with E-state index in [1.807, 2.05) is 0 Å². The molecule has 0 atom stereocenters. The number of anilines is 1. The molecule has 0 saturated heterocycles. The third-order valence-electron chi connectivity index (χ3n) is 2.80. The van der Waals surface area contributed by atoms with Gasteiger partial charge in [-0.1, -0.05) is 13.8 Å². The Morgan fingerprint density at radius 2 is 2.00 bits per heavy atom. The number of halogens is 1. The van der Waals surface area contributed by atoms with Gasteiger partial charge in [-0.15, -0.1) is 0 Å². The number of nitrogens with zero attached hydrogens (tertiary/aromatic N) is 1.